The molecule has 0 heterocycles. The maximum atomic E-state index is 12.5. The lowest BCUT2D eigenvalue weighted by atomic mass is 9.90. The quantitative estimate of drug-likeness (QED) is 0.0626. The van der Waals surface area contributed by atoms with Gasteiger partial charge in [0.25, 0.3) is 0 Å². The predicted octanol–water partition coefficient (Wildman–Crippen LogP) is 11.6. The highest BCUT2D eigenvalue weighted by Gasteiger charge is 2.22. The van der Waals surface area contributed by atoms with E-state index < -0.39 is 0 Å². The van der Waals surface area contributed by atoms with Gasteiger partial charge in [0.2, 0.25) is 0 Å². The van der Waals surface area contributed by atoms with E-state index in [1.165, 1.54) is 109 Å². The molecular formula is C37H72O4. The molecule has 41 heavy (non-hydrogen) atoms. The summed E-state index contributed by atoms with van der Waals surface area (Å²) in [4.78, 5) is 24.5. The average Bonchev–Trinajstić information content (AvgIpc) is 2.98. The smallest absolute Gasteiger partial charge is 0.308 e. The summed E-state index contributed by atoms with van der Waals surface area (Å²) in [5, 5.41) is 0. The number of esters is 2. The molecule has 4 heteroatoms. The van der Waals surface area contributed by atoms with Gasteiger partial charge >= 0.3 is 11.9 Å². The van der Waals surface area contributed by atoms with Crippen LogP contribution in [0.5, 0.6) is 0 Å². The van der Waals surface area contributed by atoms with Crippen LogP contribution in [0.15, 0.2) is 0 Å². The molecule has 4 unspecified atom stereocenters. The summed E-state index contributed by atoms with van der Waals surface area (Å²) in [6, 6.07) is 0. The van der Waals surface area contributed by atoms with Crippen LogP contribution in [-0.2, 0) is 19.1 Å². The van der Waals surface area contributed by atoms with Gasteiger partial charge in [-0.2, -0.15) is 0 Å². The Morgan fingerprint density at radius 1 is 0.512 bits per heavy atom. The zero-order chi connectivity index (χ0) is 30.6. The molecule has 0 aromatic rings. The Labute approximate surface area is 256 Å². The van der Waals surface area contributed by atoms with Crippen molar-refractivity contribution in [1.82, 2.24) is 0 Å². The van der Waals surface area contributed by atoms with E-state index in [0.717, 1.165) is 32.1 Å². The summed E-state index contributed by atoms with van der Waals surface area (Å²) >= 11 is 0. The fourth-order valence-corrected chi connectivity index (χ4v) is 5.57. The molecule has 244 valence electrons. The molecule has 0 rings (SSSR count). The Balaban J connectivity index is 3.55. The molecule has 0 aromatic heterocycles. The van der Waals surface area contributed by atoms with Gasteiger partial charge in [-0.05, 0) is 43.4 Å². The molecule has 4 atom stereocenters. The summed E-state index contributed by atoms with van der Waals surface area (Å²) in [6.45, 7) is 14.3. The van der Waals surface area contributed by atoms with Crippen molar-refractivity contribution in [1.29, 1.82) is 0 Å². The van der Waals surface area contributed by atoms with Crippen molar-refractivity contribution >= 4 is 11.9 Å². The second-order valence-corrected chi connectivity index (χ2v) is 13.0. The van der Waals surface area contributed by atoms with E-state index in [4.69, 9.17) is 9.47 Å². The molecule has 0 amide bonds. The van der Waals surface area contributed by atoms with E-state index in [1.807, 2.05) is 0 Å². The third-order valence-corrected chi connectivity index (χ3v) is 9.29. The molecule has 0 spiro atoms. The van der Waals surface area contributed by atoms with Gasteiger partial charge in [-0.15, -0.1) is 0 Å². The topological polar surface area (TPSA) is 52.6 Å². The van der Waals surface area contributed by atoms with E-state index in [1.54, 1.807) is 0 Å². The maximum Gasteiger partial charge on any atom is 0.308 e. The molecule has 0 saturated heterocycles. The highest BCUT2D eigenvalue weighted by molar-refractivity contribution is 5.72. The van der Waals surface area contributed by atoms with Crippen molar-refractivity contribution in [3.8, 4) is 0 Å². The minimum Gasteiger partial charge on any atom is -0.465 e. The number of ether oxygens (including phenoxy) is 2. The fourth-order valence-electron chi connectivity index (χ4n) is 5.57. The minimum atomic E-state index is 0.00213. The van der Waals surface area contributed by atoms with E-state index in [9.17, 15) is 9.59 Å². The first-order valence-electron chi connectivity index (χ1n) is 18.2. The number of hydrogen-bond acceptors (Lipinski definition) is 4. The molecule has 0 aliphatic carbocycles. The van der Waals surface area contributed by atoms with Gasteiger partial charge in [0, 0.05) is 6.42 Å². The largest absolute Gasteiger partial charge is 0.465 e. The molecule has 0 radical (unpaired) electrons. The average molecular weight is 581 g/mol. The standard InChI is InChI=1S/C37H72O4/c1-7-11-27-34(9-3)30-40-36(38)29-25-23-21-19-17-15-13-14-16-18-20-22-24-26-32(5)33(6)37(39)41-31-35(10-4)28-12-8-2/h32-35H,7-31H2,1-6H3. The van der Waals surface area contributed by atoms with Gasteiger partial charge in [0.1, 0.15) is 0 Å². The van der Waals surface area contributed by atoms with Crippen molar-refractivity contribution in [2.45, 2.75) is 189 Å². The van der Waals surface area contributed by atoms with Gasteiger partial charge in [0.05, 0.1) is 19.1 Å². The zero-order valence-corrected chi connectivity index (χ0v) is 28.6. The van der Waals surface area contributed by atoms with Crippen LogP contribution in [0.3, 0.4) is 0 Å². The lowest BCUT2D eigenvalue weighted by Crippen LogP contribution is -2.24. The number of unbranched alkanes of at least 4 members (excludes halogenated alkanes) is 14. The summed E-state index contributed by atoms with van der Waals surface area (Å²) in [6.07, 6.45) is 27.7. The van der Waals surface area contributed by atoms with Crippen molar-refractivity contribution in [3.63, 3.8) is 0 Å². The Morgan fingerprint density at radius 2 is 0.927 bits per heavy atom. The number of rotatable bonds is 30. The second-order valence-electron chi connectivity index (χ2n) is 13.0. The number of carbonyl (C=O) groups is 2. The van der Waals surface area contributed by atoms with Crippen LogP contribution in [0.1, 0.15) is 189 Å². The lowest BCUT2D eigenvalue weighted by Gasteiger charge is -2.21. The Morgan fingerprint density at radius 3 is 1.37 bits per heavy atom. The van der Waals surface area contributed by atoms with E-state index in [2.05, 4.69) is 41.5 Å². The number of hydrogen-bond donors (Lipinski definition) is 0. The first kappa shape index (κ1) is 39.9. The molecule has 4 nitrogen and oxygen atoms in total. The van der Waals surface area contributed by atoms with Gasteiger partial charge in [-0.25, -0.2) is 0 Å². The molecule has 0 aromatic carbocycles. The molecule has 0 aliphatic rings. The summed E-state index contributed by atoms with van der Waals surface area (Å²) in [5.74, 6) is 1.48. The predicted molar refractivity (Wildman–Crippen MR) is 176 cm³/mol. The molecule has 0 fully saturated rings. The maximum absolute atomic E-state index is 12.5. The van der Waals surface area contributed by atoms with Gasteiger partial charge in [-0.1, -0.05) is 157 Å². The zero-order valence-electron chi connectivity index (χ0n) is 28.6. The molecule has 0 N–H and O–H groups in total. The molecule has 0 saturated carbocycles. The van der Waals surface area contributed by atoms with E-state index in [-0.39, 0.29) is 17.9 Å². The van der Waals surface area contributed by atoms with Crippen LogP contribution in [-0.4, -0.2) is 25.2 Å². The molecule has 0 aliphatic heterocycles. The lowest BCUT2D eigenvalue weighted by molar-refractivity contribution is -0.151. The van der Waals surface area contributed by atoms with Gasteiger partial charge < -0.3 is 9.47 Å². The number of carbonyl (C=O) groups excluding carboxylic acids is 2. The fraction of sp³-hybridized carbons (Fsp3) is 0.946. The monoisotopic (exact) mass is 581 g/mol. The van der Waals surface area contributed by atoms with Crippen LogP contribution < -0.4 is 0 Å². The van der Waals surface area contributed by atoms with Crippen molar-refractivity contribution in [2.75, 3.05) is 13.2 Å². The highest BCUT2D eigenvalue weighted by Crippen LogP contribution is 2.22. The van der Waals surface area contributed by atoms with Crippen LogP contribution >= 0.6 is 0 Å². The first-order valence-corrected chi connectivity index (χ1v) is 18.2. The van der Waals surface area contributed by atoms with Crippen LogP contribution in [0, 0.1) is 23.7 Å². The SMILES string of the molecule is CCCCC(CC)COC(=O)CCCCCCCCCCCCCCCC(C)C(C)C(=O)OCC(CC)CCCC. The van der Waals surface area contributed by atoms with Crippen molar-refractivity contribution in [2.24, 2.45) is 23.7 Å². The Kier molecular flexibility index (Phi) is 28.3. The Hall–Kier alpha value is -1.06. The minimum absolute atomic E-state index is 0.00213. The van der Waals surface area contributed by atoms with Crippen LogP contribution in [0.25, 0.3) is 0 Å². The summed E-state index contributed by atoms with van der Waals surface area (Å²) < 4.78 is 11.2. The van der Waals surface area contributed by atoms with Gasteiger partial charge in [-0.3, -0.25) is 9.59 Å². The summed E-state index contributed by atoms with van der Waals surface area (Å²) in [7, 11) is 0. The van der Waals surface area contributed by atoms with Gasteiger partial charge in [0.15, 0.2) is 0 Å². The van der Waals surface area contributed by atoms with E-state index in [0.29, 0.717) is 37.4 Å². The third kappa shape index (κ3) is 24.1. The normalized spacial score (nSPS) is 14.4. The summed E-state index contributed by atoms with van der Waals surface area (Å²) in [5.41, 5.74) is 0. The third-order valence-electron chi connectivity index (χ3n) is 9.29. The van der Waals surface area contributed by atoms with Crippen molar-refractivity contribution < 1.29 is 19.1 Å². The van der Waals surface area contributed by atoms with Crippen LogP contribution in [0.4, 0.5) is 0 Å². The highest BCUT2D eigenvalue weighted by atomic mass is 16.5. The molecule has 0 bridgehead atoms. The second kappa shape index (κ2) is 29.0. The first-order chi connectivity index (χ1) is 19.9. The molecular weight excluding hydrogens is 508 g/mol. The van der Waals surface area contributed by atoms with E-state index >= 15 is 0 Å². The van der Waals surface area contributed by atoms with Crippen LogP contribution in [0.2, 0.25) is 0 Å². The Bertz CT molecular complexity index is 589. The van der Waals surface area contributed by atoms with Crippen molar-refractivity contribution in [3.05, 3.63) is 0 Å².